The van der Waals surface area contributed by atoms with Gasteiger partial charge in [0.05, 0.1) is 19.2 Å². The molecule has 42 heavy (non-hydrogen) atoms. The molecule has 9 atom stereocenters. The third-order valence-corrected chi connectivity index (χ3v) is 8.86. The van der Waals surface area contributed by atoms with Crippen molar-refractivity contribution in [2.75, 3.05) is 12.3 Å². The number of aldehydes is 1. The number of nitrogen functional groups attached to an aromatic ring is 1. The van der Waals surface area contributed by atoms with Crippen LogP contribution in [-0.2, 0) is 45.8 Å². The van der Waals surface area contributed by atoms with Crippen LogP contribution in [-0.4, -0.2) is 110 Å². The number of hydrogen-bond acceptors (Lipinski definition) is 17. The molecule has 2 aromatic rings. The number of rotatable bonds is 14. The maximum Gasteiger partial charge on any atom is 0.484 e. The first kappa shape index (κ1) is 32.7. The predicted molar refractivity (Wildman–Crippen MR) is 130 cm³/mol. The molecule has 0 aliphatic carbocycles. The minimum atomic E-state index is -5.69. The van der Waals surface area contributed by atoms with Gasteiger partial charge in [-0.3, -0.25) is 18.1 Å². The summed E-state index contributed by atoms with van der Waals surface area (Å²) in [5.74, 6) is -0.00227. The van der Waals surface area contributed by atoms with E-state index in [9.17, 15) is 43.6 Å². The molecule has 2 aliphatic rings. The molecule has 0 radical (unpaired) electrons. The number of nitrogens with zero attached hydrogens (tertiary/aromatic N) is 4. The highest BCUT2D eigenvalue weighted by Gasteiger charge is 2.54. The average molecular weight is 663 g/mol. The van der Waals surface area contributed by atoms with Crippen LogP contribution in [0.15, 0.2) is 25.0 Å². The quantitative estimate of drug-likeness (QED) is 0.0771. The van der Waals surface area contributed by atoms with Gasteiger partial charge in [-0.25, -0.2) is 28.6 Å². The van der Waals surface area contributed by atoms with Gasteiger partial charge in [-0.2, -0.15) is 4.31 Å². The Hall–Kier alpha value is -2.23. The Morgan fingerprint density at radius 1 is 1.12 bits per heavy atom. The van der Waals surface area contributed by atoms with E-state index in [-0.39, 0.29) is 23.3 Å². The number of phosphoric ester groups is 2. The van der Waals surface area contributed by atoms with Crippen LogP contribution in [0.5, 0.6) is 0 Å². The second-order valence-corrected chi connectivity index (χ2v) is 12.8. The molecule has 4 heterocycles. The molecule has 1 fully saturated rings. The molecule has 0 spiro atoms. The van der Waals surface area contributed by atoms with Gasteiger partial charge >= 0.3 is 23.5 Å². The van der Waals surface area contributed by atoms with Gasteiger partial charge in [-0.15, -0.1) is 0 Å². The number of ether oxygens (including phenoxy) is 2. The van der Waals surface area contributed by atoms with Crippen LogP contribution in [0, 0.1) is 0 Å². The average Bonchev–Trinajstić information content (AvgIpc) is 3.40. The normalized spacial score (nSPS) is 28.0. The fourth-order valence-corrected chi connectivity index (χ4v) is 6.68. The summed E-state index contributed by atoms with van der Waals surface area (Å²) >= 11 is 0. The van der Waals surface area contributed by atoms with Crippen LogP contribution >= 0.6 is 23.5 Å². The molecule has 2 aliphatic heterocycles. The minimum Gasteiger partial charge on any atom is -0.491 e. The largest absolute Gasteiger partial charge is 0.491 e. The molecule has 25 heteroatoms. The van der Waals surface area contributed by atoms with Crippen molar-refractivity contribution in [2.24, 2.45) is 0 Å². The number of imidazole rings is 1. The zero-order valence-corrected chi connectivity index (χ0v) is 23.3. The molecular weight excluding hydrogens is 639 g/mol. The molecule has 234 valence electrons. The number of aromatic nitrogens is 4. The fourth-order valence-electron chi connectivity index (χ4n) is 3.87. The number of fused-ring (bicyclic) bond motifs is 1. The van der Waals surface area contributed by atoms with Crippen molar-refractivity contribution >= 4 is 46.7 Å². The topological polar surface area (TPSA) is 335 Å². The van der Waals surface area contributed by atoms with E-state index in [1.54, 1.807) is 0 Å². The number of carbonyl (C=O) groups is 1. The summed E-state index contributed by atoms with van der Waals surface area (Å²) in [6.07, 6.45) is -9.62. The zero-order chi connectivity index (χ0) is 31.0. The van der Waals surface area contributed by atoms with Crippen molar-refractivity contribution in [3.05, 3.63) is 25.0 Å². The molecular formula is C17H24N5O17P3. The molecule has 9 N–H and O–H groups in total. The second-order valence-electron chi connectivity index (χ2n) is 8.63. The Morgan fingerprint density at radius 2 is 1.81 bits per heavy atom. The van der Waals surface area contributed by atoms with Gasteiger partial charge in [-0.05, 0) is 6.08 Å². The van der Waals surface area contributed by atoms with Crippen LogP contribution in [0.3, 0.4) is 0 Å². The van der Waals surface area contributed by atoms with Gasteiger partial charge in [0.2, 0.25) is 0 Å². The third-order valence-electron chi connectivity index (χ3n) is 5.72. The van der Waals surface area contributed by atoms with Gasteiger partial charge < -0.3 is 54.9 Å². The van der Waals surface area contributed by atoms with Gasteiger partial charge in [-0.1, -0.05) is 0 Å². The lowest BCUT2D eigenvalue weighted by atomic mass is 10.0. The molecule has 0 bridgehead atoms. The van der Waals surface area contributed by atoms with E-state index < -0.39 is 79.0 Å². The lowest BCUT2D eigenvalue weighted by Gasteiger charge is -2.31. The maximum atomic E-state index is 13.4. The summed E-state index contributed by atoms with van der Waals surface area (Å²) in [7, 11) is -16.6. The SMILES string of the molecule is Nc1ncnc2c1ncn2[C@@H]1O[C@H](C2C=CO2)[C@@H](OP(=O)(OC[C@@H](O)[C@@H](O)[C@H](C=O)OP(=O)(O)O)OP(=O)(O)O)[C@H]1O. The van der Waals surface area contributed by atoms with Crippen LogP contribution in [0.4, 0.5) is 5.82 Å². The molecule has 0 saturated carbocycles. The predicted octanol–water partition coefficient (Wildman–Crippen LogP) is -2.40. The second kappa shape index (κ2) is 12.4. The van der Waals surface area contributed by atoms with E-state index in [2.05, 4.69) is 23.8 Å². The van der Waals surface area contributed by atoms with Gasteiger partial charge in [0.1, 0.15) is 48.5 Å². The fraction of sp³-hybridized carbons (Fsp3) is 0.529. The standard InChI is InChI=1S/C17H24N5O17P3/c18-15-10-16(20-5-19-15)22(6-21-10)17-12(26)14(13(36-17)8-1-2-34-8)38-42(33,39-41(30,31)32)35-4-7(24)11(25)9(3-23)37-40(27,28)29/h1-3,5-9,11-14,17,24-26H,4H2,(H2,18,19,20)(H2,27,28,29)(H2,30,31,32)/t7-,8?,9+,11-,12-,13-,14+,17-,42?/m1/s1. The monoisotopic (exact) mass is 663 g/mol. The summed E-state index contributed by atoms with van der Waals surface area (Å²) in [6, 6.07) is 0. The zero-order valence-electron chi connectivity index (χ0n) is 20.6. The Morgan fingerprint density at radius 3 is 2.38 bits per heavy atom. The molecule has 2 aromatic heterocycles. The van der Waals surface area contributed by atoms with Crippen molar-refractivity contribution in [2.45, 2.75) is 49.0 Å². The van der Waals surface area contributed by atoms with Crippen molar-refractivity contribution < 1.29 is 80.7 Å². The first-order valence-electron chi connectivity index (χ1n) is 11.4. The van der Waals surface area contributed by atoms with Gasteiger partial charge in [0.25, 0.3) is 0 Å². The first-order valence-corrected chi connectivity index (χ1v) is 15.9. The van der Waals surface area contributed by atoms with E-state index >= 15 is 0 Å². The lowest BCUT2D eigenvalue weighted by Crippen LogP contribution is -2.43. The van der Waals surface area contributed by atoms with E-state index in [4.69, 9.17) is 34.0 Å². The molecule has 2 unspecified atom stereocenters. The number of carbonyl (C=O) groups excluding carboxylic acids is 1. The van der Waals surface area contributed by atoms with Crippen LogP contribution in [0.1, 0.15) is 6.23 Å². The Labute approximate surface area is 233 Å². The van der Waals surface area contributed by atoms with Crippen molar-refractivity contribution in [3.8, 4) is 0 Å². The van der Waals surface area contributed by atoms with E-state index in [1.807, 2.05) is 0 Å². The number of nitrogens with two attached hydrogens (primary N) is 1. The first-order chi connectivity index (χ1) is 19.5. The van der Waals surface area contributed by atoms with Crippen LogP contribution < -0.4 is 5.73 Å². The summed E-state index contributed by atoms with van der Waals surface area (Å²) < 4.78 is 66.5. The van der Waals surface area contributed by atoms with Crippen LogP contribution in [0.2, 0.25) is 0 Å². The smallest absolute Gasteiger partial charge is 0.484 e. The third kappa shape index (κ3) is 7.45. The highest BCUT2D eigenvalue weighted by molar-refractivity contribution is 7.61. The number of phosphoric acid groups is 3. The number of anilines is 1. The summed E-state index contributed by atoms with van der Waals surface area (Å²) in [6.45, 7) is -1.37. The van der Waals surface area contributed by atoms with Crippen LogP contribution in [0.25, 0.3) is 11.2 Å². The summed E-state index contributed by atoms with van der Waals surface area (Å²) in [5, 5.41) is 31.3. The van der Waals surface area contributed by atoms with Crippen molar-refractivity contribution in [1.29, 1.82) is 0 Å². The number of aliphatic hydroxyl groups excluding tert-OH is 3. The minimum absolute atomic E-state index is 0.00227. The maximum absolute atomic E-state index is 13.4. The molecule has 0 amide bonds. The summed E-state index contributed by atoms with van der Waals surface area (Å²) in [5.41, 5.74) is 6.02. The molecule has 4 rings (SSSR count). The highest BCUT2D eigenvalue weighted by atomic mass is 31.3. The molecule has 0 aromatic carbocycles. The van der Waals surface area contributed by atoms with Gasteiger partial charge in [0.15, 0.2) is 30.1 Å². The Bertz CT molecular complexity index is 1460. The van der Waals surface area contributed by atoms with E-state index in [0.717, 1.165) is 6.33 Å². The van der Waals surface area contributed by atoms with E-state index in [1.165, 1.54) is 23.2 Å². The van der Waals surface area contributed by atoms with Crippen molar-refractivity contribution in [3.63, 3.8) is 0 Å². The van der Waals surface area contributed by atoms with Crippen molar-refractivity contribution in [1.82, 2.24) is 19.5 Å². The number of aliphatic hydroxyl groups is 3. The Balaban J connectivity index is 1.58. The van der Waals surface area contributed by atoms with E-state index in [0.29, 0.717) is 0 Å². The molecule has 1 saturated heterocycles. The van der Waals surface area contributed by atoms with Gasteiger partial charge in [0, 0.05) is 0 Å². The highest BCUT2D eigenvalue weighted by Crippen LogP contribution is 2.63. The molecule has 22 nitrogen and oxygen atoms in total. The lowest BCUT2D eigenvalue weighted by molar-refractivity contribution is -0.126. The summed E-state index contributed by atoms with van der Waals surface area (Å²) in [4.78, 5) is 59.3. The Kier molecular flexibility index (Phi) is 9.65. The number of hydrogen-bond donors (Lipinski definition) is 8.